The molecule has 6 nitrogen and oxygen atoms in total. The number of hydrogen-bond acceptors (Lipinski definition) is 5. The molecule has 6 heteroatoms. The van der Waals surface area contributed by atoms with E-state index < -0.39 is 5.41 Å². The molecule has 0 radical (unpaired) electrons. The summed E-state index contributed by atoms with van der Waals surface area (Å²) >= 11 is 0. The fourth-order valence-corrected chi connectivity index (χ4v) is 2.70. The van der Waals surface area contributed by atoms with Crippen LogP contribution >= 0.6 is 0 Å². The van der Waals surface area contributed by atoms with Crippen LogP contribution in [0.2, 0.25) is 0 Å². The Bertz CT molecular complexity index is 732. The number of amides is 1. The number of carbonyl (C=O) groups is 1. The van der Waals surface area contributed by atoms with E-state index in [-0.39, 0.29) is 5.91 Å². The average Bonchev–Trinajstić information content (AvgIpc) is 2.66. The number of pyridine rings is 1. The maximum atomic E-state index is 12.6. The molecule has 0 fully saturated rings. The highest BCUT2D eigenvalue weighted by Gasteiger charge is 2.33. The van der Waals surface area contributed by atoms with E-state index in [0.717, 1.165) is 5.56 Å². The van der Waals surface area contributed by atoms with Gasteiger partial charge < -0.3 is 20.5 Å². The number of hydrogen-bond donors (Lipinski definition) is 2. The van der Waals surface area contributed by atoms with Crippen LogP contribution in [0.4, 0.5) is 5.69 Å². The lowest BCUT2D eigenvalue weighted by Gasteiger charge is -2.28. The van der Waals surface area contributed by atoms with Crippen molar-refractivity contribution in [3.8, 4) is 17.4 Å². The Balaban J connectivity index is 2.10. The average molecular weight is 357 g/mol. The third-order valence-corrected chi connectivity index (χ3v) is 4.75. The number of nitrogens with one attached hydrogen (secondary N) is 1. The SMILES string of the molecule is CCC(CC)(CN)C(=O)Nc1ccc(Oc2ccc(C)cc2OC)nc1. The Kier molecular flexibility index (Phi) is 6.58. The van der Waals surface area contributed by atoms with E-state index in [1.165, 1.54) is 0 Å². The molecule has 0 unspecified atom stereocenters. The van der Waals surface area contributed by atoms with Gasteiger partial charge in [-0.05, 0) is 43.5 Å². The summed E-state index contributed by atoms with van der Waals surface area (Å²) in [6.07, 6.45) is 2.95. The summed E-state index contributed by atoms with van der Waals surface area (Å²) in [7, 11) is 1.60. The van der Waals surface area contributed by atoms with Crippen LogP contribution in [0.25, 0.3) is 0 Å². The lowest BCUT2D eigenvalue weighted by atomic mass is 9.81. The molecule has 0 aliphatic heterocycles. The zero-order valence-electron chi connectivity index (χ0n) is 15.8. The van der Waals surface area contributed by atoms with Crippen molar-refractivity contribution in [3.05, 3.63) is 42.1 Å². The Morgan fingerprint density at radius 1 is 1.19 bits per heavy atom. The van der Waals surface area contributed by atoms with Crippen LogP contribution in [0.1, 0.15) is 32.3 Å². The fraction of sp³-hybridized carbons (Fsp3) is 0.400. The first kappa shape index (κ1) is 19.7. The normalized spacial score (nSPS) is 11.1. The zero-order chi connectivity index (χ0) is 19.2. The zero-order valence-corrected chi connectivity index (χ0v) is 15.8. The van der Waals surface area contributed by atoms with Gasteiger partial charge in [0.05, 0.1) is 24.4 Å². The van der Waals surface area contributed by atoms with Gasteiger partial charge in [-0.3, -0.25) is 4.79 Å². The van der Waals surface area contributed by atoms with Gasteiger partial charge in [0.25, 0.3) is 0 Å². The number of nitrogens with zero attached hydrogens (tertiary/aromatic N) is 1. The van der Waals surface area contributed by atoms with E-state index >= 15 is 0 Å². The fourth-order valence-electron chi connectivity index (χ4n) is 2.70. The standard InChI is InChI=1S/C20H27N3O3/c1-5-20(6-2,13-21)19(24)23-15-8-10-18(22-12-15)26-16-9-7-14(3)11-17(16)25-4/h7-12H,5-6,13,21H2,1-4H3,(H,23,24). The Hall–Kier alpha value is -2.60. The molecule has 2 rings (SSSR count). The van der Waals surface area contributed by atoms with Crippen molar-refractivity contribution in [3.63, 3.8) is 0 Å². The van der Waals surface area contributed by atoms with Gasteiger partial charge in [-0.25, -0.2) is 4.98 Å². The predicted molar refractivity (Wildman–Crippen MR) is 103 cm³/mol. The van der Waals surface area contributed by atoms with Crippen LogP contribution in [-0.4, -0.2) is 24.5 Å². The van der Waals surface area contributed by atoms with Crippen LogP contribution in [0, 0.1) is 12.3 Å². The Morgan fingerprint density at radius 3 is 2.46 bits per heavy atom. The second-order valence-corrected chi connectivity index (χ2v) is 6.29. The molecule has 1 aromatic heterocycles. The monoisotopic (exact) mass is 357 g/mol. The molecule has 26 heavy (non-hydrogen) atoms. The molecule has 2 aromatic rings. The van der Waals surface area contributed by atoms with E-state index in [4.69, 9.17) is 15.2 Å². The molecule has 1 aromatic carbocycles. The minimum absolute atomic E-state index is 0.0827. The maximum absolute atomic E-state index is 12.6. The number of methoxy groups -OCH3 is 1. The number of nitrogens with two attached hydrogens (primary N) is 1. The van der Waals surface area contributed by atoms with Gasteiger partial charge in [-0.2, -0.15) is 0 Å². The molecule has 1 amide bonds. The number of rotatable bonds is 8. The van der Waals surface area contributed by atoms with Crippen molar-refractivity contribution < 1.29 is 14.3 Å². The first-order valence-electron chi connectivity index (χ1n) is 8.78. The molecule has 0 saturated heterocycles. The highest BCUT2D eigenvalue weighted by molar-refractivity contribution is 5.95. The molecule has 0 aliphatic rings. The molecule has 0 spiro atoms. The summed E-state index contributed by atoms with van der Waals surface area (Å²) < 4.78 is 11.1. The van der Waals surface area contributed by atoms with Gasteiger partial charge in [0, 0.05) is 12.6 Å². The van der Waals surface area contributed by atoms with Crippen LogP contribution in [-0.2, 0) is 4.79 Å². The van der Waals surface area contributed by atoms with Crippen LogP contribution < -0.4 is 20.5 Å². The molecular weight excluding hydrogens is 330 g/mol. The highest BCUT2D eigenvalue weighted by atomic mass is 16.5. The second-order valence-electron chi connectivity index (χ2n) is 6.29. The summed E-state index contributed by atoms with van der Waals surface area (Å²) in [6, 6.07) is 9.13. The lowest BCUT2D eigenvalue weighted by molar-refractivity contribution is -0.125. The van der Waals surface area contributed by atoms with E-state index in [0.29, 0.717) is 42.5 Å². The number of aryl methyl sites for hydroxylation is 1. The quantitative estimate of drug-likeness (QED) is 0.748. The van der Waals surface area contributed by atoms with Crippen LogP contribution in [0.15, 0.2) is 36.5 Å². The number of carbonyl (C=O) groups excluding carboxylic acids is 1. The Labute approximate surface area is 154 Å². The lowest BCUT2D eigenvalue weighted by Crippen LogP contribution is -2.41. The van der Waals surface area contributed by atoms with E-state index in [1.54, 1.807) is 25.4 Å². The second kappa shape index (κ2) is 8.67. The molecule has 140 valence electrons. The van der Waals surface area contributed by atoms with Gasteiger partial charge in [0.1, 0.15) is 0 Å². The predicted octanol–water partition coefficient (Wildman–Crippen LogP) is 3.89. The first-order valence-corrected chi connectivity index (χ1v) is 8.78. The number of ether oxygens (including phenoxy) is 2. The van der Waals surface area contributed by atoms with Crippen molar-refractivity contribution in [2.24, 2.45) is 11.1 Å². The van der Waals surface area contributed by atoms with Crippen molar-refractivity contribution in [2.45, 2.75) is 33.6 Å². The van der Waals surface area contributed by atoms with E-state index in [2.05, 4.69) is 10.3 Å². The van der Waals surface area contributed by atoms with Gasteiger partial charge in [-0.15, -0.1) is 0 Å². The summed E-state index contributed by atoms with van der Waals surface area (Å²) in [4.78, 5) is 16.8. The molecule has 0 bridgehead atoms. The summed E-state index contributed by atoms with van der Waals surface area (Å²) in [5.74, 6) is 1.56. The summed E-state index contributed by atoms with van der Waals surface area (Å²) in [5.41, 5.74) is 6.96. The molecule has 0 saturated carbocycles. The molecule has 3 N–H and O–H groups in total. The summed E-state index contributed by atoms with van der Waals surface area (Å²) in [6.45, 7) is 6.24. The van der Waals surface area contributed by atoms with Crippen molar-refractivity contribution in [1.82, 2.24) is 4.98 Å². The van der Waals surface area contributed by atoms with Gasteiger partial charge in [0.2, 0.25) is 11.8 Å². The third-order valence-electron chi connectivity index (χ3n) is 4.75. The van der Waals surface area contributed by atoms with E-state index in [9.17, 15) is 4.79 Å². The number of aromatic nitrogens is 1. The first-order chi connectivity index (χ1) is 12.5. The summed E-state index contributed by atoms with van der Waals surface area (Å²) in [5, 5.41) is 2.90. The smallest absolute Gasteiger partial charge is 0.231 e. The van der Waals surface area contributed by atoms with Crippen molar-refractivity contribution >= 4 is 11.6 Å². The molecule has 0 aliphatic carbocycles. The van der Waals surface area contributed by atoms with Crippen molar-refractivity contribution in [2.75, 3.05) is 19.0 Å². The topological polar surface area (TPSA) is 86.5 Å². The largest absolute Gasteiger partial charge is 0.493 e. The van der Waals surface area contributed by atoms with Crippen LogP contribution in [0.5, 0.6) is 17.4 Å². The third kappa shape index (κ3) is 4.32. The van der Waals surface area contributed by atoms with Gasteiger partial charge in [0.15, 0.2) is 11.5 Å². The Morgan fingerprint density at radius 2 is 1.92 bits per heavy atom. The minimum atomic E-state index is -0.551. The highest BCUT2D eigenvalue weighted by Crippen LogP contribution is 2.32. The molecular formula is C20H27N3O3. The van der Waals surface area contributed by atoms with Gasteiger partial charge in [-0.1, -0.05) is 19.9 Å². The number of benzene rings is 1. The van der Waals surface area contributed by atoms with Crippen molar-refractivity contribution in [1.29, 1.82) is 0 Å². The van der Waals surface area contributed by atoms with E-state index in [1.807, 2.05) is 39.0 Å². The molecule has 1 heterocycles. The number of anilines is 1. The van der Waals surface area contributed by atoms with Crippen LogP contribution in [0.3, 0.4) is 0 Å². The minimum Gasteiger partial charge on any atom is -0.493 e. The molecule has 0 atom stereocenters. The van der Waals surface area contributed by atoms with Gasteiger partial charge >= 0.3 is 0 Å². The maximum Gasteiger partial charge on any atom is 0.231 e.